The van der Waals surface area contributed by atoms with Gasteiger partial charge in [-0.05, 0) is 0 Å². The molecule has 0 bridgehead atoms. The van der Waals surface area contributed by atoms with E-state index in [9.17, 15) is 9.59 Å². The predicted octanol–water partition coefficient (Wildman–Crippen LogP) is 1.01. The molecule has 0 aliphatic carbocycles. The quantitative estimate of drug-likeness (QED) is 0.750. The Hall–Kier alpha value is -2.43. The molecule has 0 radical (unpaired) electrons. The third kappa shape index (κ3) is 1.98. The van der Waals surface area contributed by atoms with Crippen molar-refractivity contribution >= 4 is 12.1 Å². The van der Waals surface area contributed by atoms with Crippen molar-refractivity contribution in [3.05, 3.63) is 46.9 Å². The summed E-state index contributed by atoms with van der Waals surface area (Å²) in [6.07, 6.45) is 1.77. The lowest BCUT2D eigenvalue weighted by Crippen LogP contribution is -2.14. The number of hydrogen-bond donors (Lipinski definition) is 2. The van der Waals surface area contributed by atoms with Gasteiger partial charge in [-0.2, -0.15) is 0 Å². The summed E-state index contributed by atoms with van der Waals surface area (Å²) in [5.41, 5.74) is 0.577. The van der Waals surface area contributed by atoms with Crippen LogP contribution >= 0.6 is 0 Å². The van der Waals surface area contributed by atoms with Crippen LogP contribution in [-0.4, -0.2) is 16.4 Å². The van der Waals surface area contributed by atoms with E-state index in [-0.39, 0.29) is 11.2 Å². The third-order valence-corrected chi connectivity index (χ3v) is 2.06. The fraction of sp³-hybridized carbons (Fsp3) is 0. The summed E-state index contributed by atoms with van der Waals surface area (Å²) in [4.78, 5) is 28.3. The van der Waals surface area contributed by atoms with Crippen LogP contribution in [0.5, 0.6) is 0 Å². The zero-order valence-corrected chi connectivity index (χ0v) is 8.31. The summed E-state index contributed by atoms with van der Waals surface area (Å²) in [6.45, 7) is 0. The number of carbonyl (C=O) groups excluding carboxylic acids is 1. The zero-order valence-electron chi connectivity index (χ0n) is 8.31. The average molecular weight is 215 g/mol. The average Bonchev–Trinajstić information content (AvgIpc) is 2.33. The van der Waals surface area contributed by atoms with Crippen LogP contribution < -0.4 is 10.9 Å². The lowest BCUT2D eigenvalue weighted by Gasteiger charge is -2.01. The second-order valence-electron chi connectivity index (χ2n) is 3.10. The molecule has 5 heteroatoms. The highest BCUT2D eigenvalue weighted by molar-refractivity contribution is 5.70. The Kier molecular flexibility index (Phi) is 2.77. The summed E-state index contributed by atoms with van der Waals surface area (Å²) >= 11 is 0. The van der Waals surface area contributed by atoms with Gasteiger partial charge in [-0.1, -0.05) is 30.3 Å². The molecule has 0 unspecified atom stereocenters. The second kappa shape index (κ2) is 4.39. The molecule has 5 nitrogen and oxygen atoms in total. The van der Waals surface area contributed by atoms with Crippen molar-refractivity contribution in [2.75, 3.05) is 5.32 Å². The number of benzene rings is 1. The van der Waals surface area contributed by atoms with Gasteiger partial charge in [0.2, 0.25) is 6.41 Å². The maximum Gasteiger partial charge on any atom is 0.274 e. The minimum Gasteiger partial charge on any atom is -0.323 e. The minimum atomic E-state index is -0.374. The molecule has 0 spiro atoms. The van der Waals surface area contributed by atoms with Crippen LogP contribution in [0, 0.1) is 0 Å². The van der Waals surface area contributed by atoms with E-state index in [4.69, 9.17) is 0 Å². The summed E-state index contributed by atoms with van der Waals surface area (Å²) < 4.78 is 0. The predicted molar refractivity (Wildman–Crippen MR) is 60.0 cm³/mol. The van der Waals surface area contributed by atoms with Crippen LogP contribution in [0.2, 0.25) is 0 Å². The maximum absolute atomic E-state index is 11.5. The van der Waals surface area contributed by atoms with Gasteiger partial charge in [0.1, 0.15) is 11.5 Å². The van der Waals surface area contributed by atoms with E-state index in [2.05, 4.69) is 15.3 Å². The molecule has 0 atom stereocenters. The molecule has 1 aromatic carbocycles. The van der Waals surface area contributed by atoms with Crippen LogP contribution in [0.15, 0.2) is 41.3 Å². The van der Waals surface area contributed by atoms with Crippen molar-refractivity contribution in [3.63, 3.8) is 0 Å². The van der Waals surface area contributed by atoms with Gasteiger partial charge in [-0.15, -0.1) is 0 Å². The SMILES string of the molecule is O=CNc1cnc(-c2ccccc2)[nH]c1=O. The molecule has 0 saturated carbocycles. The third-order valence-electron chi connectivity index (χ3n) is 2.06. The number of H-pyrrole nitrogens is 1. The molecule has 2 N–H and O–H groups in total. The van der Waals surface area contributed by atoms with E-state index in [1.54, 1.807) is 0 Å². The first-order chi connectivity index (χ1) is 7.81. The van der Waals surface area contributed by atoms with Crippen LogP contribution in [0.1, 0.15) is 0 Å². The van der Waals surface area contributed by atoms with Crippen molar-refractivity contribution in [2.24, 2.45) is 0 Å². The standard InChI is InChI=1S/C11H9N3O2/c15-7-13-9-6-12-10(14-11(9)16)8-4-2-1-3-5-8/h1-7H,(H,13,15)(H,12,14,16). The maximum atomic E-state index is 11.5. The fourth-order valence-electron chi connectivity index (χ4n) is 1.30. The Bertz CT molecular complexity index is 549. The molecule has 0 fully saturated rings. The first-order valence-corrected chi connectivity index (χ1v) is 4.66. The van der Waals surface area contributed by atoms with E-state index >= 15 is 0 Å². The van der Waals surface area contributed by atoms with Gasteiger partial charge < -0.3 is 10.3 Å². The van der Waals surface area contributed by atoms with Crippen molar-refractivity contribution in [1.82, 2.24) is 9.97 Å². The topological polar surface area (TPSA) is 74.8 Å². The van der Waals surface area contributed by atoms with Crippen molar-refractivity contribution in [1.29, 1.82) is 0 Å². The highest BCUT2D eigenvalue weighted by Gasteiger charge is 2.02. The van der Waals surface area contributed by atoms with E-state index in [1.807, 2.05) is 30.3 Å². The van der Waals surface area contributed by atoms with Gasteiger partial charge in [-0.25, -0.2) is 4.98 Å². The Morgan fingerprint density at radius 1 is 1.25 bits per heavy atom. The molecule has 0 aliphatic heterocycles. The Morgan fingerprint density at radius 2 is 2.00 bits per heavy atom. The number of nitrogens with one attached hydrogen (secondary N) is 2. The first-order valence-electron chi connectivity index (χ1n) is 4.66. The van der Waals surface area contributed by atoms with Gasteiger partial charge in [0.15, 0.2) is 0 Å². The van der Waals surface area contributed by atoms with Gasteiger partial charge in [0, 0.05) is 5.56 Å². The number of rotatable bonds is 3. The number of aromatic amines is 1. The molecule has 2 aromatic rings. The number of nitrogens with zero attached hydrogens (tertiary/aromatic N) is 1. The summed E-state index contributed by atoms with van der Waals surface area (Å²) in [5, 5.41) is 2.27. The van der Waals surface area contributed by atoms with Crippen LogP contribution in [-0.2, 0) is 4.79 Å². The van der Waals surface area contributed by atoms with Gasteiger partial charge >= 0.3 is 0 Å². The highest BCUT2D eigenvalue weighted by Crippen LogP contribution is 2.12. The van der Waals surface area contributed by atoms with Gasteiger partial charge in [0.05, 0.1) is 6.20 Å². The van der Waals surface area contributed by atoms with Crippen molar-refractivity contribution in [2.45, 2.75) is 0 Å². The van der Waals surface area contributed by atoms with Gasteiger partial charge in [-0.3, -0.25) is 9.59 Å². The lowest BCUT2D eigenvalue weighted by molar-refractivity contribution is -0.105. The zero-order chi connectivity index (χ0) is 11.4. The van der Waals surface area contributed by atoms with E-state index in [0.717, 1.165) is 5.56 Å². The van der Waals surface area contributed by atoms with Crippen molar-refractivity contribution in [3.8, 4) is 11.4 Å². The minimum absolute atomic E-state index is 0.134. The molecule has 0 saturated heterocycles. The Balaban J connectivity index is 2.42. The number of amides is 1. The second-order valence-corrected chi connectivity index (χ2v) is 3.10. The lowest BCUT2D eigenvalue weighted by atomic mass is 10.2. The number of carbonyl (C=O) groups is 1. The van der Waals surface area contributed by atoms with Gasteiger partial charge in [0.25, 0.3) is 5.56 Å². The molecular weight excluding hydrogens is 206 g/mol. The molecule has 16 heavy (non-hydrogen) atoms. The van der Waals surface area contributed by atoms with Crippen LogP contribution in [0.25, 0.3) is 11.4 Å². The molecule has 1 aromatic heterocycles. The van der Waals surface area contributed by atoms with Crippen LogP contribution in [0.3, 0.4) is 0 Å². The number of hydrogen-bond acceptors (Lipinski definition) is 3. The molecule has 2 rings (SSSR count). The van der Waals surface area contributed by atoms with E-state index in [1.165, 1.54) is 6.20 Å². The smallest absolute Gasteiger partial charge is 0.274 e. The van der Waals surface area contributed by atoms with E-state index < -0.39 is 0 Å². The molecule has 80 valence electrons. The molecule has 1 amide bonds. The summed E-state index contributed by atoms with van der Waals surface area (Å²) in [7, 11) is 0. The summed E-state index contributed by atoms with van der Waals surface area (Å²) in [5.74, 6) is 0.474. The molecule has 1 heterocycles. The van der Waals surface area contributed by atoms with Crippen LogP contribution in [0.4, 0.5) is 5.69 Å². The highest BCUT2D eigenvalue weighted by atomic mass is 16.1. The van der Waals surface area contributed by atoms with E-state index in [0.29, 0.717) is 12.2 Å². The fourth-order valence-corrected chi connectivity index (χ4v) is 1.30. The Morgan fingerprint density at radius 3 is 2.62 bits per heavy atom. The monoisotopic (exact) mass is 215 g/mol. The first kappa shape index (κ1) is 10.1. The Labute approximate surface area is 91.2 Å². The largest absolute Gasteiger partial charge is 0.323 e. The number of aromatic nitrogens is 2. The molecular formula is C11H9N3O2. The van der Waals surface area contributed by atoms with Crippen molar-refractivity contribution < 1.29 is 4.79 Å². The number of anilines is 1. The normalized spacial score (nSPS) is 9.75. The summed E-state index contributed by atoms with van der Waals surface area (Å²) in [6, 6.07) is 9.26. The molecule has 0 aliphatic rings.